The third-order valence-electron chi connectivity index (χ3n) is 3.50. The second-order valence-electron chi connectivity index (χ2n) is 4.94. The normalized spacial score (nSPS) is 16.7. The Balaban J connectivity index is 2.04. The fraction of sp³-hybridized carbons (Fsp3) is 0.500. The van der Waals surface area contributed by atoms with Gasteiger partial charge >= 0.3 is 6.18 Å². The summed E-state index contributed by atoms with van der Waals surface area (Å²) < 4.78 is 38.0. The number of nitrogens with one attached hydrogen (secondary N) is 2. The van der Waals surface area contributed by atoms with Gasteiger partial charge in [-0.2, -0.15) is 18.4 Å². The first kappa shape index (κ1) is 14.7. The van der Waals surface area contributed by atoms with Crippen molar-refractivity contribution < 1.29 is 13.2 Å². The molecule has 0 amide bonds. The molecule has 1 aliphatic rings. The van der Waals surface area contributed by atoms with E-state index in [4.69, 9.17) is 5.26 Å². The van der Waals surface area contributed by atoms with Crippen LogP contribution >= 0.6 is 0 Å². The average molecular weight is 283 g/mol. The van der Waals surface area contributed by atoms with Gasteiger partial charge in [0.15, 0.2) is 0 Å². The predicted octanol–water partition coefficient (Wildman–Crippen LogP) is 2.99. The highest BCUT2D eigenvalue weighted by Gasteiger charge is 2.33. The van der Waals surface area contributed by atoms with Crippen LogP contribution in [0.1, 0.15) is 24.0 Å². The Morgan fingerprint density at radius 2 is 2.00 bits per heavy atom. The molecule has 3 nitrogen and oxygen atoms in total. The van der Waals surface area contributed by atoms with Gasteiger partial charge in [0, 0.05) is 12.2 Å². The number of hydrogen-bond acceptors (Lipinski definition) is 3. The molecule has 1 heterocycles. The van der Waals surface area contributed by atoms with Gasteiger partial charge in [-0.25, -0.2) is 0 Å². The van der Waals surface area contributed by atoms with Crippen LogP contribution in [0.2, 0.25) is 0 Å². The minimum Gasteiger partial charge on any atom is -0.385 e. The zero-order valence-electron chi connectivity index (χ0n) is 10.9. The Kier molecular flexibility index (Phi) is 4.50. The number of alkyl halides is 3. The summed E-state index contributed by atoms with van der Waals surface area (Å²) in [5.74, 6) is 0.518. The maximum atomic E-state index is 12.7. The van der Waals surface area contributed by atoms with E-state index in [9.17, 15) is 13.2 Å². The van der Waals surface area contributed by atoms with Crippen molar-refractivity contribution in [1.82, 2.24) is 5.32 Å². The van der Waals surface area contributed by atoms with Gasteiger partial charge in [-0.15, -0.1) is 0 Å². The molecule has 1 saturated heterocycles. The summed E-state index contributed by atoms with van der Waals surface area (Å²) in [6, 6.07) is 5.22. The fourth-order valence-corrected chi connectivity index (χ4v) is 2.34. The molecule has 108 valence electrons. The smallest absolute Gasteiger partial charge is 0.385 e. The quantitative estimate of drug-likeness (QED) is 0.896. The number of anilines is 1. The minimum atomic E-state index is -4.49. The van der Waals surface area contributed by atoms with E-state index >= 15 is 0 Å². The topological polar surface area (TPSA) is 47.9 Å². The minimum absolute atomic E-state index is 0.340. The number of piperidine rings is 1. The van der Waals surface area contributed by atoms with Crippen LogP contribution in [0.3, 0.4) is 0 Å². The monoisotopic (exact) mass is 283 g/mol. The first-order valence-corrected chi connectivity index (χ1v) is 6.56. The highest BCUT2D eigenvalue weighted by atomic mass is 19.4. The molecule has 0 saturated carbocycles. The Morgan fingerprint density at radius 1 is 1.30 bits per heavy atom. The van der Waals surface area contributed by atoms with Crippen LogP contribution in [0.4, 0.5) is 18.9 Å². The van der Waals surface area contributed by atoms with E-state index in [-0.39, 0.29) is 5.56 Å². The van der Waals surface area contributed by atoms with E-state index in [0.717, 1.165) is 38.5 Å². The second-order valence-corrected chi connectivity index (χ2v) is 4.94. The molecule has 0 unspecified atom stereocenters. The van der Waals surface area contributed by atoms with Crippen LogP contribution in [-0.2, 0) is 6.18 Å². The lowest BCUT2D eigenvalue weighted by Crippen LogP contribution is -2.31. The standard InChI is InChI=1S/C14H16F3N3/c15-14(16,17)13-2-1-12(7-11(13)8-18)20-9-10-3-5-19-6-4-10/h1-2,7,10,19-20H,3-6,9H2. The number of nitrogens with zero attached hydrogens (tertiary/aromatic N) is 1. The van der Waals surface area contributed by atoms with Crippen molar-refractivity contribution in [1.29, 1.82) is 5.26 Å². The van der Waals surface area contributed by atoms with Gasteiger partial charge in [-0.1, -0.05) is 0 Å². The van der Waals surface area contributed by atoms with Crippen molar-refractivity contribution in [3.8, 4) is 6.07 Å². The molecular formula is C14H16F3N3. The fourth-order valence-electron chi connectivity index (χ4n) is 2.34. The molecule has 0 radical (unpaired) electrons. The molecular weight excluding hydrogens is 267 g/mol. The highest BCUT2D eigenvalue weighted by molar-refractivity contribution is 5.53. The maximum Gasteiger partial charge on any atom is 0.417 e. The van der Waals surface area contributed by atoms with Crippen molar-refractivity contribution in [3.05, 3.63) is 29.3 Å². The van der Waals surface area contributed by atoms with E-state index in [2.05, 4.69) is 10.6 Å². The molecule has 0 aromatic heterocycles. The van der Waals surface area contributed by atoms with Crippen molar-refractivity contribution in [2.45, 2.75) is 19.0 Å². The SMILES string of the molecule is N#Cc1cc(NCC2CCNCC2)ccc1C(F)(F)F. The molecule has 20 heavy (non-hydrogen) atoms. The number of halogens is 3. The third-order valence-corrected chi connectivity index (χ3v) is 3.50. The largest absolute Gasteiger partial charge is 0.417 e. The van der Waals surface area contributed by atoms with Crippen molar-refractivity contribution >= 4 is 5.69 Å². The third kappa shape index (κ3) is 3.64. The van der Waals surface area contributed by atoms with Crippen LogP contribution < -0.4 is 10.6 Å². The molecule has 0 atom stereocenters. The Morgan fingerprint density at radius 3 is 2.60 bits per heavy atom. The number of benzene rings is 1. The van der Waals surface area contributed by atoms with Gasteiger partial charge in [0.25, 0.3) is 0 Å². The van der Waals surface area contributed by atoms with Gasteiger partial charge in [-0.05, 0) is 50.0 Å². The molecule has 0 spiro atoms. The molecule has 1 aromatic carbocycles. The van der Waals surface area contributed by atoms with Gasteiger partial charge in [0.1, 0.15) is 0 Å². The van der Waals surface area contributed by atoms with Gasteiger partial charge in [-0.3, -0.25) is 0 Å². The van der Waals surface area contributed by atoms with E-state index in [0.29, 0.717) is 11.6 Å². The van der Waals surface area contributed by atoms with E-state index in [1.54, 1.807) is 6.07 Å². The Labute approximate surface area is 115 Å². The lowest BCUT2D eigenvalue weighted by molar-refractivity contribution is -0.137. The number of hydrogen-bond donors (Lipinski definition) is 2. The summed E-state index contributed by atoms with van der Waals surface area (Å²) in [7, 11) is 0. The van der Waals surface area contributed by atoms with Crippen molar-refractivity contribution in [2.24, 2.45) is 5.92 Å². The average Bonchev–Trinajstić information content (AvgIpc) is 2.45. The van der Waals surface area contributed by atoms with Crippen LogP contribution in [0.25, 0.3) is 0 Å². The molecule has 2 N–H and O–H groups in total. The summed E-state index contributed by atoms with van der Waals surface area (Å²) >= 11 is 0. The number of rotatable bonds is 3. The summed E-state index contributed by atoms with van der Waals surface area (Å²) in [5.41, 5.74) is -0.659. The summed E-state index contributed by atoms with van der Waals surface area (Å²) in [5, 5.41) is 15.2. The van der Waals surface area contributed by atoms with Crippen molar-refractivity contribution in [2.75, 3.05) is 25.0 Å². The zero-order chi connectivity index (χ0) is 14.6. The highest BCUT2D eigenvalue weighted by Crippen LogP contribution is 2.33. The lowest BCUT2D eigenvalue weighted by Gasteiger charge is -2.23. The Bertz CT molecular complexity index is 499. The molecule has 1 aliphatic heterocycles. The van der Waals surface area contributed by atoms with Crippen LogP contribution in [0.5, 0.6) is 0 Å². The summed E-state index contributed by atoms with van der Waals surface area (Å²) in [6.45, 7) is 2.67. The predicted molar refractivity (Wildman–Crippen MR) is 70.2 cm³/mol. The zero-order valence-corrected chi connectivity index (χ0v) is 10.9. The van der Waals surface area contributed by atoms with E-state index in [1.807, 2.05) is 0 Å². The molecule has 0 aliphatic carbocycles. The van der Waals surface area contributed by atoms with Gasteiger partial charge < -0.3 is 10.6 Å². The van der Waals surface area contributed by atoms with E-state index < -0.39 is 11.7 Å². The van der Waals surface area contributed by atoms with Crippen LogP contribution in [0.15, 0.2) is 18.2 Å². The maximum absolute atomic E-state index is 12.7. The van der Waals surface area contributed by atoms with Crippen LogP contribution in [0, 0.1) is 17.2 Å². The van der Waals surface area contributed by atoms with Crippen LogP contribution in [-0.4, -0.2) is 19.6 Å². The lowest BCUT2D eigenvalue weighted by atomic mass is 9.98. The molecule has 1 fully saturated rings. The van der Waals surface area contributed by atoms with Gasteiger partial charge in [0.2, 0.25) is 0 Å². The molecule has 2 rings (SSSR count). The van der Waals surface area contributed by atoms with Gasteiger partial charge in [0.05, 0.1) is 17.2 Å². The molecule has 0 bridgehead atoms. The molecule has 1 aromatic rings. The molecule has 6 heteroatoms. The van der Waals surface area contributed by atoms with Crippen molar-refractivity contribution in [3.63, 3.8) is 0 Å². The summed E-state index contributed by atoms with van der Waals surface area (Å²) in [6.07, 6.45) is -2.38. The first-order chi connectivity index (χ1) is 9.50. The van der Waals surface area contributed by atoms with E-state index in [1.165, 1.54) is 12.1 Å². The summed E-state index contributed by atoms with van der Waals surface area (Å²) in [4.78, 5) is 0. The first-order valence-electron chi connectivity index (χ1n) is 6.56. The Hall–Kier alpha value is -1.74. The number of nitriles is 1. The second kappa shape index (κ2) is 6.14.